The highest BCUT2D eigenvalue weighted by molar-refractivity contribution is 6.08. The van der Waals surface area contributed by atoms with E-state index in [1.807, 2.05) is 10.6 Å². The molecule has 0 radical (unpaired) electrons. The third-order valence-electron chi connectivity index (χ3n) is 2.60. The van der Waals surface area contributed by atoms with E-state index in [2.05, 4.69) is 10.3 Å². The van der Waals surface area contributed by atoms with Crippen molar-refractivity contribution in [2.24, 2.45) is 0 Å². The largest absolute Gasteiger partial charge is 0.383 e. The third-order valence-corrected chi connectivity index (χ3v) is 2.60. The molecule has 1 aliphatic rings. The van der Waals surface area contributed by atoms with Gasteiger partial charge in [0.2, 0.25) is 0 Å². The van der Waals surface area contributed by atoms with E-state index in [4.69, 9.17) is 0 Å². The fraction of sp³-hybridized carbons (Fsp3) is 0.200. The van der Waals surface area contributed by atoms with Gasteiger partial charge in [-0.3, -0.25) is 4.79 Å². The molecule has 3 heterocycles. The van der Waals surface area contributed by atoms with Crippen LogP contribution in [0.5, 0.6) is 0 Å². The number of nitrogens with one attached hydrogen (secondary N) is 1. The van der Waals surface area contributed by atoms with Crippen LogP contribution in [0.3, 0.4) is 0 Å². The van der Waals surface area contributed by atoms with Crippen molar-refractivity contribution in [3.63, 3.8) is 0 Å². The number of imidazole rings is 1. The topological polar surface area (TPSA) is 66.6 Å². The lowest BCUT2D eigenvalue weighted by molar-refractivity contribution is 0.0761. The van der Waals surface area contributed by atoms with Crippen molar-refractivity contribution in [2.45, 2.75) is 6.10 Å². The minimum Gasteiger partial charge on any atom is -0.383 e. The molecule has 15 heavy (non-hydrogen) atoms. The van der Waals surface area contributed by atoms with Crippen LogP contribution in [0.15, 0.2) is 24.7 Å². The van der Waals surface area contributed by atoms with Crippen molar-refractivity contribution in [3.8, 4) is 0 Å². The van der Waals surface area contributed by atoms with Gasteiger partial charge in [0.25, 0.3) is 0 Å². The molecule has 0 fully saturated rings. The van der Waals surface area contributed by atoms with Crippen molar-refractivity contribution in [3.05, 3.63) is 30.2 Å². The smallest absolute Gasteiger partial charge is 0.195 e. The molecule has 0 bridgehead atoms. The van der Waals surface area contributed by atoms with Gasteiger partial charge in [0.1, 0.15) is 6.10 Å². The lowest BCUT2D eigenvalue weighted by Crippen LogP contribution is -2.34. The number of β-amino-alcohol motifs (C(OH)–C–C–N with tert-alkyl or cyclic N) is 1. The second-order valence-corrected chi connectivity index (χ2v) is 3.52. The number of carbonyl (C=O) groups is 1. The van der Waals surface area contributed by atoms with Crippen LogP contribution in [0.25, 0.3) is 5.65 Å². The summed E-state index contributed by atoms with van der Waals surface area (Å²) in [7, 11) is 0. The van der Waals surface area contributed by atoms with Crippen LogP contribution in [0.1, 0.15) is 10.4 Å². The molecule has 0 aliphatic carbocycles. The fourth-order valence-corrected chi connectivity index (χ4v) is 1.84. The summed E-state index contributed by atoms with van der Waals surface area (Å²) in [4.78, 5) is 15.8. The van der Waals surface area contributed by atoms with Crippen LogP contribution in [-0.2, 0) is 0 Å². The molecule has 2 aromatic rings. The predicted molar refractivity (Wildman–Crippen MR) is 54.0 cm³/mol. The fourth-order valence-electron chi connectivity index (χ4n) is 1.84. The van der Waals surface area contributed by atoms with Gasteiger partial charge < -0.3 is 14.8 Å². The first-order chi connectivity index (χ1) is 7.27. The lowest BCUT2D eigenvalue weighted by atomic mass is 10.0. The minimum atomic E-state index is -0.949. The number of Topliss-reactive ketones (excluding diaryl/α,β-unsaturated/α-hetero) is 1. The number of rotatable bonds is 0. The standard InChI is InChI=1S/C10H9N3O2/c14-7-5-12-8-6(9(7)15)1-3-13-4-2-11-10(8)13/h1-4,7,12,14H,5H2. The van der Waals surface area contributed by atoms with E-state index >= 15 is 0 Å². The Bertz CT molecular complexity index is 547. The average molecular weight is 203 g/mol. The van der Waals surface area contributed by atoms with Gasteiger partial charge in [0.05, 0.1) is 5.69 Å². The summed E-state index contributed by atoms with van der Waals surface area (Å²) in [6.07, 6.45) is 4.30. The summed E-state index contributed by atoms with van der Waals surface area (Å²) < 4.78 is 1.83. The van der Waals surface area contributed by atoms with Crippen LogP contribution in [0.2, 0.25) is 0 Å². The second kappa shape index (κ2) is 2.80. The molecule has 0 amide bonds. The summed E-state index contributed by atoms with van der Waals surface area (Å²) in [6.45, 7) is 0.248. The minimum absolute atomic E-state index is 0.241. The van der Waals surface area contributed by atoms with Gasteiger partial charge in [-0.1, -0.05) is 0 Å². The van der Waals surface area contributed by atoms with Gasteiger partial charge in [0, 0.05) is 30.7 Å². The molecule has 5 nitrogen and oxygen atoms in total. The Morgan fingerprint density at radius 1 is 1.53 bits per heavy atom. The molecule has 76 valence electrons. The van der Waals surface area contributed by atoms with Gasteiger partial charge in [-0.05, 0) is 6.07 Å². The Balaban J connectivity index is 2.31. The van der Waals surface area contributed by atoms with E-state index in [1.165, 1.54) is 0 Å². The zero-order valence-electron chi connectivity index (χ0n) is 7.84. The molecule has 0 saturated heterocycles. The van der Waals surface area contributed by atoms with Crippen LogP contribution in [-0.4, -0.2) is 32.9 Å². The van der Waals surface area contributed by atoms with E-state index in [-0.39, 0.29) is 12.3 Å². The van der Waals surface area contributed by atoms with Gasteiger partial charge in [-0.15, -0.1) is 0 Å². The van der Waals surface area contributed by atoms with Crippen molar-refractivity contribution >= 4 is 17.1 Å². The maximum absolute atomic E-state index is 11.7. The number of fused-ring (bicyclic) bond motifs is 3. The molecule has 2 N–H and O–H groups in total. The van der Waals surface area contributed by atoms with Crippen molar-refractivity contribution in [2.75, 3.05) is 11.9 Å². The molecule has 2 aromatic heterocycles. The molecule has 0 spiro atoms. The average Bonchev–Trinajstić information content (AvgIpc) is 2.71. The Morgan fingerprint density at radius 2 is 2.40 bits per heavy atom. The first-order valence-electron chi connectivity index (χ1n) is 4.69. The number of hydrogen-bond donors (Lipinski definition) is 2. The van der Waals surface area contributed by atoms with E-state index in [9.17, 15) is 9.90 Å². The first-order valence-corrected chi connectivity index (χ1v) is 4.69. The summed E-state index contributed by atoms with van der Waals surface area (Å²) in [6, 6.07) is 1.70. The monoisotopic (exact) mass is 203 g/mol. The number of anilines is 1. The van der Waals surface area contributed by atoms with E-state index in [1.54, 1.807) is 18.5 Å². The number of carbonyl (C=O) groups excluding carboxylic acids is 1. The zero-order chi connectivity index (χ0) is 10.4. The first kappa shape index (κ1) is 8.43. The Kier molecular flexibility index (Phi) is 1.58. The number of hydrogen-bond acceptors (Lipinski definition) is 4. The SMILES string of the molecule is O=C1c2ccn3ccnc3c2NCC1O. The van der Waals surface area contributed by atoms with Crippen LogP contribution in [0, 0.1) is 0 Å². The normalized spacial score (nSPS) is 20.1. The molecule has 0 saturated carbocycles. The number of aliphatic hydroxyl groups excluding tert-OH is 1. The third kappa shape index (κ3) is 1.07. The number of pyridine rings is 1. The van der Waals surface area contributed by atoms with Crippen molar-refractivity contribution < 1.29 is 9.90 Å². The van der Waals surface area contributed by atoms with Crippen molar-refractivity contribution in [1.82, 2.24) is 9.38 Å². The Hall–Kier alpha value is -1.88. The molecule has 1 aliphatic heterocycles. The summed E-state index contributed by atoms with van der Waals surface area (Å²) >= 11 is 0. The van der Waals surface area contributed by atoms with E-state index < -0.39 is 6.10 Å². The number of nitrogens with zero attached hydrogens (tertiary/aromatic N) is 2. The Labute approximate surface area is 85.4 Å². The van der Waals surface area contributed by atoms with Crippen LogP contribution >= 0.6 is 0 Å². The molecule has 3 rings (SSSR count). The molecule has 5 heteroatoms. The molecular formula is C10H9N3O2. The lowest BCUT2D eigenvalue weighted by Gasteiger charge is -2.21. The quantitative estimate of drug-likeness (QED) is 0.646. The number of aromatic nitrogens is 2. The van der Waals surface area contributed by atoms with Gasteiger partial charge in [-0.25, -0.2) is 4.98 Å². The summed E-state index contributed by atoms with van der Waals surface area (Å²) in [5, 5.41) is 12.4. The maximum Gasteiger partial charge on any atom is 0.195 e. The number of aliphatic hydroxyl groups is 1. The molecule has 1 unspecified atom stereocenters. The highest BCUT2D eigenvalue weighted by atomic mass is 16.3. The van der Waals surface area contributed by atoms with E-state index in [0.717, 1.165) is 0 Å². The second-order valence-electron chi connectivity index (χ2n) is 3.52. The molecule has 0 aromatic carbocycles. The highest BCUT2D eigenvalue weighted by Gasteiger charge is 2.26. The van der Waals surface area contributed by atoms with Gasteiger partial charge >= 0.3 is 0 Å². The number of ketones is 1. The maximum atomic E-state index is 11.7. The summed E-state index contributed by atoms with van der Waals surface area (Å²) in [5.74, 6) is -0.241. The van der Waals surface area contributed by atoms with Crippen LogP contribution < -0.4 is 5.32 Å². The van der Waals surface area contributed by atoms with Gasteiger partial charge in [-0.2, -0.15) is 0 Å². The zero-order valence-corrected chi connectivity index (χ0v) is 7.84. The highest BCUT2D eigenvalue weighted by Crippen LogP contribution is 2.25. The Morgan fingerprint density at radius 3 is 3.27 bits per heavy atom. The van der Waals surface area contributed by atoms with Gasteiger partial charge in [0.15, 0.2) is 11.4 Å². The van der Waals surface area contributed by atoms with Crippen molar-refractivity contribution in [1.29, 1.82) is 0 Å². The summed E-state index contributed by atoms with van der Waals surface area (Å²) in [5.41, 5.74) is 1.93. The molecular weight excluding hydrogens is 194 g/mol. The predicted octanol–water partition coefficient (Wildman–Crippen LogP) is 0.303. The van der Waals surface area contributed by atoms with E-state index in [0.29, 0.717) is 16.9 Å². The molecule has 1 atom stereocenters. The van der Waals surface area contributed by atoms with Crippen LogP contribution in [0.4, 0.5) is 5.69 Å².